The van der Waals surface area contributed by atoms with Gasteiger partial charge in [0.25, 0.3) is 0 Å². The minimum absolute atomic E-state index is 0.0351. The van der Waals surface area contributed by atoms with Crippen LogP contribution in [0.3, 0.4) is 0 Å². The molecular weight excluding hydrogens is 196 g/mol. The molecule has 4 heteroatoms. The molecule has 0 saturated carbocycles. The van der Waals surface area contributed by atoms with Gasteiger partial charge >= 0.3 is 0 Å². The molecule has 1 aliphatic carbocycles. The minimum Gasteiger partial charge on any atom is -0.515 e. The van der Waals surface area contributed by atoms with Crippen LogP contribution in [0.25, 0.3) is 5.57 Å². The fraction of sp³-hybridized carbons (Fsp3) is 0.273. The van der Waals surface area contributed by atoms with Crippen LogP contribution >= 0.6 is 0 Å². The van der Waals surface area contributed by atoms with Gasteiger partial charge in [-0.15, -0.1) is 0 Å². The Balaban J connectivity index is 2.68. The van der Waals surface area contributed by atoms with Gasteiger partial charge in [-0.25, -0.2) is 0 Å². The summed E-state index contributed by atoms with van der Waals surface area (Å²) in [6.07, 6.45) is 4.66. The Labute approximate surface area is 85.8 Å². The van der Waals surface area contributed by atoms with Gasteiger partial charge in [0.05, 0.1) is 11.8 Å². The van der Waals surface area contributed by atoms with Crippen LogP contribution in [0.4, 0.5) is 0 Å². The van der Waals surface area contributed by atoms with Crippen molar-refractivity contribution in [2.75, 3.05) is 0 Å². The standard InChI is InChI=1S/C11H10O4/c12-4-7-2-1-3-9-10(14)8(5-13)6-15-11(7)9/h4-6,12H,1-3H2/b7-4-. The lowest BCUT2D eigenvalue weighted by Gasteiger charge is -2.15. The number of hydrogen-bond donors (Lipinski definition) is 1. The van der Waals surface area contributed by atoms with E-state index in [1.807, 2.05) is 0 Å². The lowest BCUT2D eigenvalue weighted by molar-refractivity contribution is 0.112. The third kappa shape index (κ3) is 1.48. The first-order valence-electron chi connectivity index (χ1n) is 4.71. The van der Waals surface area contributed by atoms with Crippen molar-refractivity contribution < 1.29 is 14.3 Å². The second-order valence-corrected chi connectivity index (χ2v) is 3.45. The molecule has 0 spiro atoms. The minimum atomic E-state index is -0.287. The molecule has 0 aliphatic heterocycles. The summed E-state index contributed by atoms with van der Waals surface area (Å²) in [4.78, 5) is 22.2. The molecular formula is C11H10O4. The van der Waals surface area contributed by atoms with E-state index in [9.17, 15) is 9.59 Å². The summed E-state index contributed by atoms with van der Waals surface area (Å²) in [5, 5.41) is 8.96. The van der Waals surface area contributed by atoms with Crippen LogP contribution in [0.5, 0.6) is 0 Å². The normalized spacial score (nSPS) is 17.5. The molecule has 0 atom stereocenters. The second kappa shape index (κ2) is 3.73. The zero-order valence-electron chi connectivity index (χ0n) is 8.03. The number of aldehydes is 1. The van der Waals surface area contributed by atoms with Crippen LogP contribution in [0.1, 0.15) is 34.5 Å². The van der Waals surface area contributed by atoms with Crippen LogP contribution in [-0.4, -0.2) is 11.4 Å². The first-order chi connectivity index (χ1) is 7.27. The maximum absolute atomic E-state index is 11.7. The highest BCUT2D eigenvalue weighted by Gasteiger charge is 2.21. The predicted octanol–water partition coefficient (Wildman–Crippen LogP) is 1.69. The fourth-order valence-corrected chi connectivity index (χ4v) is 1.79. The van der Waals surface area contributed by atoms with Crippen molar-refractivity contribution in [3.05, 3.63) is 39.6 Å². The first kappa shape index (κ1) is 9.71. The fourth-order valence-electron chi connectivity index (χ4n) is 1.79. The molecule has 1 aromatic heterocycles. The van der Waals surface area contributed by atoms with Crippen LogP contribution in [-0.2, 0) is 6.42 Å². The van der Waals surface area contributed by atoms with Crippen molar-refractivity contribution in [2.45, 2.75) is 19.3 Å². The molecule has 0 fully saturated rings. The number of carbonyl (C=O) groups is 1. The third-order valence-corrected chi connectivity index (χ3v) is 2.56. The van der Waals surface area contributed by atoms with E-state index < -0.39 is 0 Å². The highest BCUT2D eigenvalue weighted by Crippen LogP contribution is 2.28. The summed E-state index contributed by atoms with van der Waals surface area (Å²) in [5.41, 5.74) is 0.857. The lowest BCUT2D eigenvalue weighted by Crippen LogP contribution is -2.18. The van der Waals surface area contributed by atoms with Crippen molar-refractivity contribution in [1.82, 2.24) is 0 Å². The number of carbonyl (C=O) groups excluding carboxylic acids is 1. The molecule has 78 valence electrons. The Kier molecular flexibility index (Phi) is 2.41. The molecule has 0 bridgehead atoms. The van der Waals surface area contributed by atoms with Gasteiger partial charge in [-0.3, -0.25) is 9.59 Å². The van der Waals surface area contributed by atoms with Crippen LogP contribution in [0.15, 0.2) is 21.7 Å². The predicted molar refractivity (Wildman–Crippen MR) is 53.9 cm³/mol. The molecule has 4 nitrogen and oxygen atoms in total. The molecule has 1 aliphatic rings. The van der Waals surface area contributed by atoms with Crippen molar-refractivity contribution in [1.29, 1.82) is 0 Å². The Morgan fingerprint density at radius 2 is 2.20 bits per heavy atom. The molecule has 0 unspecified atom stereocenters. The number of fused-ring (bicyclic) bond motifs is 1. The Morgan fingerprint density at radius 3 is 2.87 bits per heavy atom. The number of aliphatic hydroxyl groups excluding tert-OH is 1. The van der Waals surface area contributed by atoms with Crippen LogP contribution in [0, 0.1) is 0 Å². The number of allylic oxidation sites excluding steroid dienone is 1. The molecule has 2 rings (SSSR count). The Morgan fingerprint density at radius 1 is 1.40 bits per heavy atom. The van der Waals surface area contributed by atoms with Gasteiger partial charge in [0.15, 0.2) is 11.7 Å². The summed E-state index contributed by atoms with van der Waals surface area (Å²) in [6, 6.07) is 0. The average molecular weight is 206 g/mol. The lowest BCUT2D eigenvalue weighted by atomic mass is 9.92. The molecule has 15 heavy (non-hydrogen) atoms. The Hall–Kier alpha value is -1.84. The molecule has 1 aromatic rings. The van der Waals surface area contributed by atoms with Crippen molar-refractivity contribution in [3.63, 3.8) is 0 Å². The largest absolute Gasteiger partial charge is 0.515 e. The Bertz CT molecular complexity index is 482. The van der Waals surface area contributed by atoms with Gasteiger partial charge < -0.3 is 9.52 Å². The van der Waals surface area contributed by atoms with E-state index in [1.54, 1.807) is 0 Å². The topological polar surface area (TPSA) is 67.5 Å². The van der Waals surface area contributed by atoms with Crippen molar-refractivity contribution in [3.8, 4) is 0 Å². The zero-order chi connectivity index (χ0) is 10.8. The monoisotopic (exact) mass is 206 g/mol. The average Bonchev–Trinajstić information content (AvgIpc) is 2.29. The molecule has 1 heterocycles. The smallest absolute Gasteiger partial charge is 0.199 e. The SMILES string of the molecule is O=Cc1coc2c(c1=O)CCC/C2=C/O. The number of aliphatic hydroxyl groups is 1. The van der Waals surface area contributed by atoms with Crippen molar-refractivity contribution >= 4 is 11.9 Å². The van der Waals surface area contributed by atoms with E-state index in [1.165, 1.54) is 0 Å². The number of hydrogen-bond acceptors (Lipinski definition) is 4. The molecule has 1 N–H and O–H groups in total. The van der Waals surface area contributed by atoms with E-state index >= 15 is 0 Å². The highest BCUT2D eigenvalue weighted by molar-refractivity contribution is 5.75. The van der Waals surface area contributed by atoms with Crippen molar-refractivity contribution in [2.24, 2.45) is 0 Å². The molecule has 0 aromatic carbocycles. The second-order valence-electron chi connectivity index (χ2n) is 3.45. The maximum Gasteiger partial charge on any atom is 0.199 e. The van der Waals surface area contributed by atoms with Crippen LogP contribution < -0.4 is 5.43 Å². The summed E-state index contributed by atoms with van der Waals surface area (Å²) in [5.74, 6) is 0.416. The van der Waals surface area contributed by atoms with E-state index in [0.29, 0.717) is 36.0 Å². The van der Waals surface area contributed by atoms with E-state index in [4.69, 9.17) is 9.52 Å². The van der Waals surface area contributed by atoms with Gasteiger partial charge in [0, 0.05) is 11.1 Å². The van der Waals surface area contributed by atoms with Gasteiger partial charge in [0.2, 0.25) is 0 Å². The maximum atomic E-state index is 11.7. The third-order valence-electron chi connectivity index (χ3n) is 2.56. The van der Waals surface area contributed by atoms with E-state index in [-0.39, 0.29) is 11.0 Å². The van der Waals surface area contributed by atoms with E-state index in [0.717, 1.165) is 18.9 Å². The first-order valence-corrected chi connectivity index (χ1v) is 4.71. The molecule has 0 saturated heterocycles. The van der Waals surface area contributed by atoms with Gasteiger partial charge in [-0.2, -0.15) is 0 Å². The quantitative estimate of drug-likeness (QED) is 0.560. The summed E-state index contributed by atoms with van der Waals surface area (Å²) < 4.78 is 5.20. The van der Waals surface area contributed by atoms with E-state index in [2.05, 4.69) is 0 Å². The summed E-state index contributed by atoms with van der Waals surface area (Å²) in [6.45, 7) is 0. The molecule has 0 radical (unpaired) electrons. The summed E-state index contributed by atoms with van der Waals surface area (Å²) >= 11 is 0. The van der Waals surface area contributed by atoms with Gasteiger partial charge in [0.1, 0.15) is 12.0 Å². The van der Waals surface area contributed by atoms with Crippen LogP contribution in [0.2, 0.25) is 0 Å². The molecule has 0 amide bonds. The highest BCUT2D eigenvalue weighted by atomic mass is 16.3. The summed E-state index contributed by atoms with van der Waals surface area (Å²) in [7, 11) is 0. The number of rotatable bonds is 1. The zero-order valence-corrected chi connectivity index (χ0v) is 8.03. The van der Waals surface area contributed by atoms with Gasteiger partial charge in [-0.1, -0.05) is 0 Å². The van der Waals surface area contributed by atoms with Gasteiger partial charge in [-0.05, 0) is 19.3 Å².